The molecule has 5 nitrogen and oxygen atoms in total. The van der Waals surface area contributed by atoms with Crippen LogP contribution < -0.4 is 0 Å². The molecule has 0 radical (unpaired) electrons. The lowest BCUT2D eigenvalue weighted by molar-refractivity contribution is 0.102. The molecule has 0 spiro atoms. The molecule has 0 amide bonds. The van der Waals surface area contributed by atoms with Gasteiger partial charge in [-0.25, -0.2) is 4.39 Å². The van der Waals surface area contributed by atoms with Crippen LogP contribution in [-0.4, -0.2) is 31.3 Å². The predicted molar refractivity (Wildman–Crippen MR) is 125 cm³/mol. The highest BCUT2D eigenvalue weighted by Gasteiger charge is 2.20. The minimum Gasteiger partial charge on any atom is -0.360 e. The minimum atomic E-state index is -0.331. The fourth-order valence-electron chi connectivity index (χ4n) is 3.47. The number of rotatable bonds is 6. The van der Waals surface area contributed by atoms with Crippen LogP contribution in [0.3, 0.4) is 0 Å². The Bertz CT molecular complexity index is 1410. The van der Waals surface area contributed by atoms with Crippen molar-refractivity contribution in [1.29, 1.82) is 0 Å². The number of aromatic nitrogens is 4. The molecule has 0 bridgehead atoms. The Morgan fingerprint density at radius 2 is 1.75 bits per heavy atom. The number of nitrogens with zero attached hydrogens (tertiary/aromatic N) is 3. The molecule has 2 heterocycles. The second-order valence-corrected chi connectivity index (χ2v) is 8.46. The summed E-state index contributed by atoms with van der Waals surface area (Å²) >= 11 is 7.19. The fourth-order valence-corrected chi connectivity index (χ4v) is 4.44. The van der Waals surface area contributed by atoms with E-state index in [9.17, 15) is 9.18 Å². The van der Waals surface area contributed by atoms with Crippen molar-refractivity contribution in [1.82, 2.24) is 19.7 Å². The molecule has 8 heteroatoms. The summed E-state index contributed by atoms with van der Waals surface area (Å²) in [6.07, 6.45) is 1.88. The Kier molecular flexibility index (Phi) is 5.51. The van der Waals surface area contributed by atoms with Gasteiger partial charge < -0.3 is 4.98 Å². The maximum Gasteiger partial charge on any atom is 0.196 e. The van der Waals surface area contributed by atoms with E-state index in [4.69, 9.17) is 11.6 Å². The third-order valence-corrected chi connectivity index (χ3v) is 6.23. The van der Waals surface area contributed by atoms with Gasteiger partial charge in [0.15, 0.2) is 16.8 Å². The number of aromatic amines is 1. The Labute approximate surface area is 192 Å². The van der Waals surface area contributed by atoms with Gasteiger partial charge in [-0.3, -0.25) is 9.36 Å². The van der Waals surface area contributed by atoms with Crippen LogP contribution in [0.5, 0.6) is 0 Å². The number of hydrogen-bond donors (Lipinski definition) is 1. The van der Waals surface area contributed by atoms with E-state index in [-0.39, 0.29) is 17.4 Å². The van der Waals surface area contributed by atoms with Gasteiger partial charge >= 0.3 is 0 Å². The number of ketones is 1. The summed E-state index contributed by atoms with van der Waals surface area (Å²) in [5.41, 5.74) is 3.13. The zero-order valence-corrected chi connectivity index (χ0v) is 18.2. The van der Waals surface area contributed by atoms with E-state index in [1.54, 1.807) is 36.4 Å². The van der Waals surface area contributed by atoms with Crippen molar-refractivity contribution in [3.63, 3.8) is 0 Å². The van der Waals surface area contributed by atoms with Crippen LogP contribution in [0.15, 0.2) is 84.1 Å². The van der Waals surface area contributed by atoms with E-state index in [0.717, 1.165) is 16.5 Å². The average molecular weight is 463 g/mol. The van der Waals surface area contributed by atoms with E-state index in [1.807, 2.05) is 35.0 Å². The van der Waals surface area contributed by atoms with Crippen molar-refractivity contribution in [3.05, 3.63) is 95.4 Å². The van der Waals surface area contributed by atoms with Crippen molar-refractivity contribution < 1.29 is 9.18 Å². The van der Waals surface area contributed by atoms with Gasteiger partial charge in [-0.1, -0.05) is 41.6 Å². The summed E-state index contributed by atoms with van der Waals surface area (Å²) in [4.78, 5) is 15.9. The lowest BCUT2D eigenvalue weighted by Crippen LogP contribution is -2.05. The molecule has 0 aliphatic heterocycles. The third-order valence-electron chi connectivity index (χ3n) is 5.05. The van der Waals surface area contributed by atoms with Crippen molar-refractivity contribution in [2.45, 2.75) is 5.16 Å². The number of thioether (sulfide) groups is 1. The van der Waals surface area contributed by atoms with Crippen molar-refractivity contribution in [2.75, 3.05) is 5.75 Å². The fraction of sp³-hybridized carbons (Fsp3) is 0.0417. The van der Waals surface area contributed by atoms with Crippen molar-refractivity contribution in [2.24, 2.45) is 0 Å². The lowest BCUT2D eigenvalue weighted by Gasteiger charge is -2.10. The first-order valence-electron chi connectivity index (χ1n) is 9.79. The highest BCUT2D eigenvalue weighted by atomic mass is 35.5. The number of hydrogen-bond acceptors (Lipinski definition) is 4. The lowest BCUT2D eigenvalue weighted by atomic mass is 10.1. The molecular formula is C24H16ClFN4OS. The minimum absolute atomic E-state index is 0.0473. The molecule has 2 aromatic heterocycles. The van der Waals surface area contributed by atoms with Crippen molar-refractivity contribution in [3.8, 4) is 17.1 Å². The maximum atomic E-state index is 13.6. The van der Waals surface area contributed by atoms with Gasteiger partial charge in [-0.15, -0.1) is 10.2 Å². The summed E-state index contributed by atoms with van der Waals surface area (Å²) in [5, 5.41) is 10.9. The maximum absolute atomic E-state index is 13.6. The molecule has 0 saturated carbocycles. The molecule has 0 saturated heterocycles. The number of benzene rings is 3. The van der Waals surface area contributed by atoms with E-state index < -0.39 is 0 Å². The SMILES string of the molecule is O=C(CSc1nnc(-c2c[nH]c3ccccc23)n1-c1ccc(F)cc1)c1ccc(Cl)cc1. The second kappa shape index (κ2) is 8.61. The van der Waals surface area contributed by atoms with Crippen LogP contribution in [0.4, 0.5) is 4.39 Å². The Balaban J connectivity index is 1.53. The Hall–Kier alpha value is -3.42. The van der Waals surface area contributed by atoms with Gasteiger partial charge in [0, 0.05) is 38.9 Å². The number of Topliss-reactive ketones (excluding diaryl/α,β-unsaturated/α-hetero) is 1. The normalized spacial score (nSPS) is 11.2. The smallest absolute Gasteiger partial charge is 0.196 e. The summed E-state index contributed by atoms with van der Waals surface area (Å²) < 4.78 is 15.4. The first kappa shape index (κ1) is 20.5. The summed E-state index contributed by atoms with van der Waals surface area (Å²) in [6.45, 7) is 0. The number of fused-ring (bicyclic) bond motifs is 1. The molecule has 158 valence electrons. The van der Waals surface area contributed by atoms with Crippen molar-refractivity contribution >= 4 is 40.0 Å². The molecule has 0 fully saturated rings. The topological polar surface area (TPSA) is 63.6 Å². The quantitative estimate of drug-likeness (QED) is 0.241. The molecule has 5 rings (SSSR count). The van der Waals surface area contributed by atoms with Gasteiger partial charge in [0.1, 0.15) is 5.82 Å². The highest BCUT2D eigenvalue weighted by Crippen LogP contribution is 2.32. The summed E-state index contributed by atoms with van der Waals surface area (Å²) in [6, 6.07) is 20.8. The van der Waals surface area contributed by atoms with Crippen LogP contribution in [0.25, 0.3) is 28.0 Å². The molecule has 0 aliphatic carbocycles. The molecule has 0 aliphatic rings. The number of carbonyl (C=O) groups excluding carboxylic acids is 1. The van der Waals surface area contributed by atoms with Crippen LogP contribution in [0.1, 0.15) is 10.4 Å². The zero-order chi connectivity index (χ0) is 22.1. The standard InChI is InChI=1S/C24H16ClFN4OS/c25-16-7-5-15(6-8-16)22(31)14-32-24-29-28-23(30(24)18-11-9-17(26)10-12-18)20-13-27-21-4-2-1-3-19(20)21/h1-13,27H,14H2. The van der Waals surface area contributed by atoms with Gasteiger partial charge in [0.2, 0.25) is 0 Å². The van der Waals surface area contributed by atoms with E-state index >= 15 is 0 Å². The largest absolute Gasteiger partial charge is 0.360 e. The van der Waals surface area contributed by atoms with Crippen LogP contribution in [0.2, 0.25) is 5.02 Å². The van der Waals surface area contributed by atoms with Crippen LogP contribution >= 0.6 is 23.4 Å². The van der Waals surface area contributed by atoms with Crippen LogP contribution in [-0.2, 0) is 0 Å². The number of H-pyrrole nitrogens is 1. The Morgan fingerprint density at radius 3 is 2.53 bits per heavy atom. The molecule has 5 aromatic rings. The first-order valence-corrected chi connectivity index (χ1v) is 11.2. The third kappa shape index (κ3) is 3.92. The zero-order valence-electron chi connectivity index (χ0n) is 16.6. The molecule has 0 atom stereocenters. The first-order chi connectivity index (χ1) is 15.6. The highest BCUT2D eigenvalue weighted by molar-refractivity contribution is 7.99. The van der Waals surface area contributed by atoms with E-state index in [2.05, 4.69) is 15.2 Å². The number of nitrogens with one attached hydrogen (secondary N) is 1. The van der Waals surface area contributed by atoms with Gasteiger partial charge in [0.25, 0.3) is 0 Å². The second-order valence-electron chi connectivity index (χ2n) is 7.08. The van der Waals surface area contributed by atoms with E-state index in [0.29, 0.717) is 27.3 Å². The van der Waals surface area contributed by atoms with Gasteiger partial charge in [-0.05, 0) is 54.6 Å². The number of halogens is 2. The number of carbonyl (C=O) groups is 1. The molecule has 3 aromatic carbocycles. The van der Waals surface area contributed by atoms with Gasteiger partial charge in [-0.2, -0.15) is 0 Å². The molecule has 32 heavy (non-hydrogen) atoms. The predicted octanol–water partition coefficient (Wildman–Crippen LogP) is 6.18. The average Bonchev–Trinajstić information content (AvgIpc) is 3.42. The Morgan fingerprint density at radius 1 is 1.00 bits per heavy atom. The summed E-state index contributed by atoms with van der Waals surface area (Å²) in [5.74, 6) is 0.404. The molecule has 0 unspecified atom stereocenters. The van der Waals surface area contributed by atoms with Gasteiger partial charge in [0.05, 0.1) is 5.75 Å². The monoisotopic (exact) mass is 462 g/mol. The molecular weight excluding hydrogens is 447 g/mol. The number of para-hydroxylation sites is 1. The summed E-state index contributed by atoms with van der Waals surface area (Å²) in [7, 11) is 0. The van der Waals surface area contributed by atoms with Crippen LogP contribution in [0, 0.1) is 5.82 Å². The molecule has 1 N–H and O–H groups in total. The van der Waals surface area contributed by atoms with E-state index in [1.165, 1.54) is 23.9 Å².